The molecular formula is C20H21N4O3S+. The monoisotopic (exact) mass is 397 g/mol. The fourth-order valence-corrected chi connectivity index (χ4v) is 4.61. The zero-order valence-corrected chi connectivity index (χ0v) is 16.1. The normalized spacial score (nSPS) is 16.5. The molecular weight excluding hydrogens is 376 g/mol. The van der Waals surface area contributed by atoms with E-state index in [2.05, 4.69) is 22.3 Å². The highest BCUT2D eigenvalue weighted by Gasteiger charge is 2.24. The summed E-state index contributed by atoms with van der Waals surface area (Å²) in [6, 6.07) is 13.7. The Labute approximate surface area is 166 Å². The highest BCUT2D eigenvalue weighted by atomic mass is 32.1. The highest BCUT2D eigenvalue weighted by molar-refractivity contribution is 7.22. The molecule has 3 heterocycles. The number of amides is 1. The Kier molecular flexibility index (Phi) is 4.50. The number of anilines is 2. The summed E-state index contributed by atoms with van der Waals surface area (Å²) in [5.41, 5.74) is 1.79. The maximum atomic E-state index is 12.4. The van der Waals surface area contributed by atoms with Crippen molar-refractivity contribution in [2.24, 2.45) is 0 Å². The van der Waals surface area contributed by atoms with Gasteiger partial charge in [0, 0.05) is 11.8 Å². The van der Waals surface area contributed by atoms with Gasteiger partial charge in [0.1, 0.15) is 0 Å². The molecule has 5 rings (SSSR count). The van der Waals surface area contributed by atoms with Crippen LogP contribution >= 0.6 is 11.3 Å². The molecule has 0 aliphatic carbocycles. The Morgan fingerprint density at radius 2 is 1.96 bits per heavy atom. The van der Waals surface area contributed by atoms with Gasteiger partial charge in [-0.1, -0.05) is 23.5 Å². The van der Waals surface area contributed by atoms with Crippen LogP contribution in [0.2, 0.25) is 0 Å². The number of rotatable bonds is 4. The molecule has 1 fully saturated rings. The fraction of sp³-hybridized carbons (Fsp3) is 0.300. The maximum absolute atomic E-state index is 12.4. The quantitative estimate of drug-likeness (QED) is 0.696. The number of fused-ring (bicyclic) bond motifs is 2. The molecule has 144 valence electrons. The number of benzene rings is 2. The van der Waals surface area contributed by atoms with E-state index >= 15 is 0 Å². The molecule has 0 spiro atoms. The number of aromatic nitrogens is 1. The Balaban J connectivity index is 1.15. The lowest BCUT2D eigenvalue weighted by molar-refractivity contribution is -0.892. The lowest BCUT2D eigenvalue weighted by atomic mass is 10.2. The summed E-state index contributed by atoms with van der Waals surface area (Å²) in [5.74, 6) is 1.41. The topological polar surface area (TPSA) is 68.1 Å². The maximum Gasteiger partial charge on any atom is 0.279 e. The second kappa shape index (κ2) is 7.29. The number of ether oxygens (including phenoxy) is 2. The predicted octanol–water partition coefficient (Wildman–Crippen LogP) is 1.37. The Morgan fingerprint density at radius 1 is 1.14 bits per heavy atom. The van der Waals surface area contributed by atoms with Crippen molar-refractivity contribution in [3.63, 3.8) is 0 Å². The number of quaternary nitrogens is 1. The first-order chi connectivity index (χ1) is 13.7. The van der Waals surface area contributed by atoms with Gasteiger partial charge in [-0.25, -0.2) is 4.98 Å². The number of para-hydroxylation sites is 1. The third-order valence-electron chi connectivity index (χ3n) is 5.09. The van der Waals surface area contributed by atoms with E-state index in [9.17, 15) is 4.79 Å². The molecule has 8 heteroatoms. The lowest BCUT2D eigenvalue weighted by Gasteiger charge is -2.31. The molecule has 1 aromatic heterocycles. The van der Waals surface area contributed by atoms with E-state index in [0.29, 0.717) is 12.3 Å². The second-order valence-electron chi connectivity index (χ2n) is 6.99. The minimum atomic E-state index is 0.0160. The number of carbonyl (C=O) groups excluding carboxylic acids is 1. The average Bonchev–Trinajstić information content (AvgIpc) is 3.34. The summed E-state index contributed by atoms with van der Waals surface area (Å²) in [7, 11) is 0. The minimum absolute atomic E-state index is 0.0160. The van der Waals surface area contributed by atoms with Crippen LogP contribution in [0.15, 0.2) is 42.5 Å². The number of hydrogen-bond acceptors (Lipinski definition) is 6. The van der Waals surface area contributed by atoms with Crippen molar-refractivity contribution in [1.29, 1.82) is 0 Å². The van der Waals surface area contributed by atoms with Crippen molar-refractivity contribution in [3.05, 3.63) is 42.5 Å². The molecule has 0 saturated carbocycles. The molecule has 1 amide bonds. The standard InChI is InChI=1S/C20H20N4O3S/c25-19(21-14-5-6-16-17(11-14)27-13-26-16)12-23-7-9-24(10-8-23)20-22-15-3-1-2-4-18(15)28-20/h1-6,11H,7-10,12-13H2,(H,21,25)/p+1. The minimum Gasteiger partial charge on any atom is -0.454 e. The molecule has 0 atom stereocenters. The number of carbonyl (C=O) groups is 1. The zero-order chi connectivity index (χ0) is 18.9. The van der Waals surface area contributed by atoms with Crippen molar-refractivity contribution < 1.29 is 19.2 Å². The van der Waals surface area contributed by atoms with Crippen LogP contribution < -0.4 is 24.6 Å². The molecule has 2 aliphatic rings. The largest absolute Gasteiger partial charge is 0.454 e. The third kappa shape index (κ3) is 3.48. The average molecular weight is 397 g/mol. The predicted molar refractivity (Wildman–Crippen MR) is 109 cm³/mol. The van der Waals surface area contributed by atoms with Gasteiger partial charge in [0.05, 0.1) is 36.4 Å². The molecule has 28 heavy (non-hydrogen) atoms. The van der Waals surface area contributed by atoms with Crippen molar-refractivity contribution in [1.82, 2.24) is 4.98 Å². The number of piperazine rings is 1. The Morgan fingerprint density at radius 3 is 2.82 bits per heavy atom. The smallest absolute Gasteiger partial charge is 0.279 e. The molecule has 0 radical (unpaired) electrons. The van der Waals surface area contributed by atoms with Gasteiger partial charge < -0.3 is 24.6 Å². The molecule has 2 aromatic carbocycles. The van der Waals surface area contributed by atoms with Crippen molar-refractivity contribution in [3.8, 4) is 11.5 Å². The van der Waals surface area contributed by atoms with E-state index in [1.807, 2.05) is 24.3 Å². The van der Waals surface area contributed by atoms with Crippen LogP contribution in [0.4, 0.5) is 10.8 Å². The van der Waals surface area contributed by atoms with Crippen LogP contribution in [-0.2, 0) is 4.79 Å². The van der Waals surface area contributed by atoms with Gasteiger partial charge in [-0.05, 0) is 24.3 Å². The van der Waals surface area contributed by atoms with Crippen LogP contribution in [0.25, 0.3) is 10.2 Å². The van der Waals surface area contributed by atoms with E-state index in [4.69, 9.17) is 14.5 Å². The van der Waals surface area contributed by atoms with Crippen LogP contribution in [-0.4, -0.2) is 50.4 Å². The van der Waals surface area contributed by atoms with Gasteiger partial charge >= 0.3 is 0 Å². The Bertz CT molecular complexity index is 981. The van der Waals surface area contributed by atoms with Gasteiger partial charge in [0.25, 0.3) is 5.91 Å². The first-order valence-corrected chi connectivity index (χ1v) is 10.2. The van der Waals surface area contributed by atoms with Crippen molar-refractivity contribution in [2.45, 2.75) is 0 Å². The number of nitrogens with zero attached hydrogens (tertiary/aromatic N) is 2. The van der Waals surface area contributed by atoms with E-state index in [-0.39, 0.29) is 12.7 Å². The molecule has 0 bridgehead atoms. The van der Waals surface area contributed by atoms with Crippen LogP contribution in [0.3, 0.4) is 0 Å². The summed E-state index contributed by atoms with van der Waals surface area (Å²) in [6.07, 6.45) is 0. The summed E-state index contributed by atoms with van der Waals surface area (Å²) >= 11 is 1.73. The number of hydrogen-bond donors (Lipinski definition) is 2. The van der Waals surface area contributed by atoms with Gasteiger partial charge in [-0.2, -0.15) is 0 Å². The summed E-state index contributed by atoms with van der Waals surface area (Å²) in [4.78, 5) is 20.8. The lowest BCUT2D eigenvalue weighted by Crippen LogP contribution is -3.15. The SMILES string of the molecule is O=C(C[NH+]1CCN(c2nc3ccccc3s2)CC1)Nc1ccc2c(c1)OCO2. The van der Waals surface area contributed by atoms with Crippen molar-refractivity contribution in [2.75, 3.05) is 49.7 Å². The molecule has 0 unspecified atom stereocenters. The second-order valence-corrected chi connectivity index (χ2v) is 8.00. The van der Waals surface area contributed by atoms with E-state index in [1.165, 1.54) is 9.60 Å². The van der Waals surface area contributed by atoms with Gasteiger partial charge in [-0.15, -0.1) is 0 Å². The first-order valence-electron chi connectivity index (χ1n) is 9.38. The number of thiazole rings is 1. The summed E-state index contributed by atoms with van der Waals surface area (Å²) in [5, 5.41) is 4.03. The molecule has 7 nitrogen and oxygen atoms in total. The fourth-order valence-electron chi connectivity index (χ4n) is 3.59. The van der Waals surface area contributed by atoms with E-state index < -0.39 is 0 Å². The van der Waals surface area contributed by atoms with Crippen LogP contribution in [0, 0.1) is 0 Å². The van der Waals surface area contributed by atoms with Crippen molar-refractivity contribution >= 4 is 38.3 Å². The Hall–Kier alpha value is -2.84. The molecule has 1 saturated heterocycles. The van der Waals surface area contributed by atoms with E-state index in [1.54, 1.807) is 17.4 Å². The molecule has 2 N–H and O–H groups in total. The van der Waals surface area contributed by atoms with Crippen LogP contribution in [0.1, 0.15) is 0 Å². The van der Waals surface area contributed by atoms with E-state index in [0.717, 1.165) is 48.3 Å². The molecule has 2 aliphatic heterocycles. The highest BCUT2D eigenvalue weighted by Crippen LogP contribution is 2.34. The van der Waals surface area contributed by atoms with Gasteiger partial charge in [0.2, 0.25) is 6.79 Å². The van der Waals surface area contributed by atoms with Gasteiger partial charge in [-0.3, -0.25) is 4.79 Å². The third-order valence-corrected chi connectivity index (χ3v) is 6.19. The summed E-state index contributed by atoms with van der Waals surface area (Å²) in [6.45, 7) is 4.35. The summed E-state index contributed by atoms with van der Waals surface area (Å²) < 4.78 is 11.9. The van der Waals surface area contributed by atoms with Crippen LogP contribution in [0.5, 0.6) is 11.5 Å². The molecule has 3 aromatic rings. The zero-order valence-electron chi connectivity index (χ0n) is 15.3. The first kappa shape index (κ1) is 17.3. The van der Waals surface area contributed by atoms with Gasteiger partial charge in [0.15, 0.2) is 23.2 Å². The number of nitrogens with one attached hydrogen (secondary N) is 2.